The van der Waals surface area contributed by atoms with Gasteiger partial charge in [0, 0.05) is 0 Å². The van der Waals surface area contributed by atoms with Gasteiger partial charge < -0.3 is 11.7 Å². The van der Waals surface area contributed by atoms with Gasteiger partial charge in [-0.2, -0.15) is 5.92 Å². The van der Waals surface area contributed by atoms with Crippen molar-refractivity contribution in [3.63, 3.8) is 0 Å². The van der Waals surface area contributed by atoms with Crippen molar-refractivity contribution in [3.8, 4) is 0 Å². The molecule has 2 saturated heterocycles. The minimum absolute atomic E-state index is 0. The van der Waals surface area contributed by atoms with Gasteiger partial charge in [-0.1, -0.05) is 19.8 Å². The Labute approximate surface area is 99.5 Å². The third-order valence-electron chi connectivity index (χ3n) is 4.00. The second-order valence-electron chi connectivity index (χ2n) is 4.58. The van der Waals surface area contributed by atoms with Crippen molar-refractivity contribution in [2.24, 2.45) is 11.8 Å². The van der Waals surface area contributed by atoms with Gasteiger partial charge in [-0.25, -0.2) is 0 Å². The number of likely N-dealkylation sites (tertiary alicyclic amines) is 1. The quantitative estimate of drug-likeness (QED) is 0.370. The molecule has 0 N–H and O–H groups in total. The van der Waals surface area contributed by atoms with Gasteiger partial charge in [-0.3, -0.25) is 4.90 Å². The van der Waals surface area contributed by atoms with Crippen LogP contribution in [0.3, 0.4) is 0 Å². The Morgan fingerprint density at radius 1 is 1.50 bits per heavy atom. The molecular weight excluding hydrogens is 169 g/mol. The van der Waals surface area contributed by atoms with Crippen molar-refractivity contribution in [1.82, 2.24) is 4.90 Å². The Kier molecular flexibility index (Phi) is 4.11. The first-order valence-corrected chi connectivity index (χ1v) is 5.33. The molecule has 76 valence electrons. The molecule has 2 heterocycles. The third kappa shape index (κ3) is 1.67. The number of rotatable bonds is 1. The topological polar surface area (TPSA) is 12.5 Å². The molecule has 0 bridgehead atoms. The first-order chi connectivity index (χ1) is 6.20. The Morgan fingerprint density at radius 3 is 2.50 bits per heavy atom. The van der Waals surface area contributed by atoms with Crippen LogP contribution in [-0.4, -0.2) is 37.2 Å². The van der Waals surface area contributed by atoms with Gasteiger partial charge in [0.15, 0.2) is 0 Å². The standard InChI is InChI=1S/C11H20NO.Li/c1-4-10-9(2)5-6-12(3)11(10)7-13-8-11;/h9-10H,2,4-8H2,1,3H3;/q-1;+1. The van der Waals surface area contributed by atoms with Crippen molar-refractivity contribution < 1.29 is 23.6 Å². The van der Waals surface area contributed by atoms with Gasteiger partial charge in [0.1, 0.15) is 0 Å². The zero-order valence-electron chi connectivity index (χ0n) is 9.75. The van der Waals surface area contributed by atoms with Crippen LogP contribution in [0.2, 0.25) is 0 Å². The Hall–Kier alpha value is 0.517. The van der Waals surface area contributed by atoms with Crippen molar-refractivity contribution in [3.05, 3.63) is 6.92 Å². The molecule has 14 heavy (non-hydrogen) atoms. The van der Waals surface area contributed by atoms with Crippen LogP contribution in [0, 0.1) is 18.8 Å². The largest absolute Gasteiger partial charge is 1.00 e. The van der Waals surface area contributed by atoms with E-state index in [1.165, 1.54) is 19.4 Å². The molecule has 0 saturated carbocycles. The molecule has 0 amide bonds. The molecule has 0 aromatic heterocycles. The SMILES string of the molecule is [CH2-]C1CCN(C)C2(COC2)C1CC.[Li+]. The number of nitrogens with zero attached hydrogens (tertiary/aromatic N) is 1. The van der Waals surface area contributed by atoms with Crippen LogP contribution in [0.4, 0.5) is 0 Å². The number of piperidine rings is 1. The molecule has 2 unspecified atom stereocenters. The van der Waals surface area contributed by atoms with E-state index < -0.39 is 0 Å². The summed E-state index contributed by atoms with van der Waals surface area (Å²) in [4.78, 5) is 2.49. The van der Waals surface area contributed by atoms with Crippen LogP contribution in [0.15, 0.2) is 0 Å². The summed E-state index contributed by atoms with van der Waals surface area (Å²) in [6, 6.07) is 0. The van der Waals surface area contributed by atoms with Gasteiger partial charge >= 0.3 is 18.9 Å². The molecule has 1 spiro atoms. The zero-order chi connectivity index (χ0) is 9.47. The summed E-state index contributed by atoms with van der Waals surface area (Å²) in [6.07, 6.45) is 2.48. The summed E-state index contributed by atoms with van der Waals surface area (Å²) >= 11 is 0. The van der Waals surface area contributed by atoms with Crippen molar-refractivity contribution in [2.75, 3.05) is 26.8 Å². The predicted octanol–water partition coefficient (Wildman–Crippen LogP) is -1.43. The van der Waals surface area contributed by atoms with Crippen LogP contribution >= 0.6 is 0 Å². The maximum Gasteiger partial charge on any atom is 1.00 e. The van der Waals surface area contributed by atoms with E-state index in [2.05, 4.69) is 25.8 Å². The Morgan fingerprint density at radius 2 is 2.14 bits per heavy atom. The molecule has 2 fully saturated rings. The first kappa shape index (κ1) is 12.6. The van der Waals surface area contributed by atoms with E-state index in [1.807, 2.05) is 0 Å². The fourth-order valence-corrected chi connectivity index (χ4v) is 2.96. The summed E-state index contributed by atoms with van der Waals surface area (Å²) in [5, 5.41) is 0. The van der Waals surface area contributed by atoms with E-state index >= 15 is 0 Å². The van der Waals surface area contributed by atoms with Gasteiger partial charge in [-0.15, -0.1) is 0 Å². The average Bonchev–Trinajstić information content (AvgIpc) is 2.05. The molecule has 0 aromatic rings. The summed E-state index contributed by atoms with van der Waals surface area (Å²) in [7, 11) is 2.23. The van der Waals surface area contributed by atoms with Crippen molar-refractivity contribution in [2.45, 2.75) is 25.3 Å². The third-order valence-corrected chi connectivity index (χ3v) is 4.00. The molecule has 2 atom stereocenters. The van der Waals surface area contributed by atoms with Crippen LogP contribution < -0.4 is 18.9 Å². The maximum absolute atomic E-state index is 5.40. The predicted molar refractivity (Wildman–Crippen MR) is 53.4 cm³/mol. The molecule has 2 rings (SSSR count). The van der Waals surface area contributed by atoms with Crippen LogP contribution in [0.5, 0.6) is 0 Å². The van der Waals surface area contributed by atoms with E-state index in [4.69, 9.17) is 4.74 Å². The summed E-state index contributed by atoms with van der Waals surface area (Å²) in [6.45, 7) is 9.60. The van der Waals surface area contributed by atoms with E-state index in [-0.39, 0.29) is 18.9 Å². The Balaban J connectivity index is 0.000000980. The summed E-state index contributed by atoms with van der Waals surface area (Å²) in [5.41, 5.74) is 0.347. The average molecular weight is 189 g/mol. The van der Waals surface area contributed by atoms with Crippen LogP contribution in [0.25, 0.3) is 0 Å². The maximum atomic E-state index is 5.40. The number of hydrogen-bond acceptors (Lipinski definition) is 2. The van der Waals surface area contributed by atoms with E-state index in [9.17, 15) is 0 Å². The van der Waals surface area contributed by atoms with Crippen LogP contribution in [0.1, 0.15) is 19.8 Å². The van der Waals surface area contributed by atoms with E-state index in [0.29, 0.717) is 11.5 Å². The van der Waals surface area contributed by atoms with Gasteiger partial charge in [0.2, 0.25) is 0 Å². The first-order valence-electron chi connectivity index (χ1n) is 5.33. The summed E-state index contributed by atoms with van der Waals surface area (Å²) < 4.78 is 5.40. The normalized spacial score (nSPS) is 36.2. The fraction of sp³-hybridized carbons (Fsp3) is 0.909. The second kappa shape index (κ2) is 4.57. The van der Waals surface area contributed by atoms with Crippen molar-refractivity contribution >= 4 is 0 Å². The van der Waals surface area contributed by atoms with Gasteiger partial charge in [0.25, 0.3) is 0 Å². The van der Waals surface area contributed by atoms with Crippen molar-refractivity contribution in [1.29, 1.82) is 0 Å². The fourth-order valence-electron chi connectivity index (χ4n) is 2.96. The molecule has 0 radical (unpaired) electrons. The zero-order valence-corrected chi connectivity index (χ0v) is 9.75. The molecule has 0 aromatic carbocycles. The molecular formula is C11H20LiNO. The number of ether oxygens (including phenoxy) is 1. The minimum atomic E-state index is 0. The molecule has 2 aliphatic heterocycles. The molecule has 2 nitrogen and oxygen atoms in total. The number of hydrogen-bond donors (Lipinski definition) is 0. The van der Waals surface area contributed by atoms with E-state index in [0.717, 1.165) is 19.1 Å². The van der Waals surface area contributed by atoms with Crippen LogP contribution in [-0.2, 0) is 4.74 Å². The molecule has 2 aliphatic rings. The molecule has 3 heteroatoms. The molecule has 0 aliphatic carbocycles. The number of likely N-dealkylation sites (N-methyl/N-ethyl adjacent to an activating group) is 1. The van der Waals surface area contributed by atoms with Gasteiger partial charge in [0.05, 0.1) is 18.8 Å². The van der Waals surface area contributed by atoms with Gasteiger partial charge in [-0.05, 0) is 19.5 Å². The minimum Gasteiger partial charge on any atom is -0.377 e. The Bertz CT molecular complexity index is 194. The second-order valence-corrected chi connectivity index (χ2v) is 4.58. The van der Waals surface area contributed by atoms with E-state index in [1.54, 1.807) is 0 Å². The monoisotopic (exact) mass is 189 g/mol. The summed E-state index contributed by atoms with van der Waals surface area (Å²) in [5.74, 6) is 1.37. The smallest absolute Gasteiger partial charge is 0.377 e.